The van der Waals surface area contributed by atoms with Crippen LogP contribution in [-0.2, 0) is 6.42 Å². The van der Waals surface area contributed by atoms with Crippen LogP contribution in [0.3, 0.4) is 0 Å². The lowest BCUT2D eigenvalue weighted by molar-refractivity contribution is -0.385. The lowest BCUT2D eigenvalue weighted by Gasteiger charge is -2.11. The van der Waals surface area contributed by atoms with Crippen molar-refractivity contribution in [2.24, 2.45) is 0 Å². The Morgan fingerprint density at radius 1 is 1.17 bits per heavy atom. The first-order chi connectivity index (χ1) is 14.4. The largest absolute Gasteiger partial charge is 0.493 e. The summed E-state index contributed by atoms with van der Waals surface area (Å²) in [6.07, 6.45) is 0.587. The number of rotatable bonds is 8. The van der Waals surface area contributed by atoms with E-state index in [9.17, 15) is 14.9 Å². The van der Waals surface area contributed by atoms with E-state index in [0.717, 1.165) is 21.8 Å². The van der Waals surface area contributed by atoms with Gasteiger partial charge in [0.05, 0.1) is 35.9 Å². The number of benzene rings is 2. The highest BCUT2D eigenvalue weighted by Crippen LogP contribution is 2.34. The number of aromatic nitrogens is 1. The summed E-state index contributed by atoms with van der Waals surface area (Å²) in [5.74, 6) is -0.102. The van der Waals surface area contributed by atoms with Crippen molar-refractivity contribution in [2.75, 3.05) is 20.8 Å². The van der Waals surface area contributed by atoms with E-state index in [-0.39, 0.29) is 22.7 Å². The number of hydrogen-bond acceptors (Lipinski definition) is 7. The second-order valence-corrected chi connectivity index (χ2v) is 7.50. The molecule has 30 heavy (non-hydrogen) atoms. The summed E-state index contributed by atoms with van der Waals surface area (Å²) in [5.41, 5.74) is 2.60. The first-order valence-corrected chi connectivity index (χ1v) is 10.0. The maximum Gasteiger partial charge on any atom is 0.286 e. The molecule has 1 aromatic heterocycles. The van der Waals surface area contributed by atoms with E-state index in [2.05, 4.69) is 10.3 Å². The van der Waals surface area contributed by atoms with Crippen LogP contribution < -0.4 is 14.8 Å². The number of ether oxygens (including phenoxy) is 2. The number of hydrogen-bond donors (Lipinski definition) is 1. The lowest BCUT2D eigenvalue weighted by Crippen LogP contribution is -2.26. The highest BCUT2D eigenvalue weighted by Gasteiger charge is 2.24. The van der Waals surface area contributed by atoms with Crippen molar-refractivity contribution in [3.05, 3.63) is 68.0 Å². The Balaban J connectivity index is 1.66. The molecule has 2 aromatic carbocycles. The maximum atomic E-state index is 12.6. The second-order valence-electron chi connectivity index (χ2n) is 6.44. The summed E-state index contributed by atoms with van der Waals surface area (Å²) in [7, 11) is 2.78. The monoisotopic (exact) mass is 427 g/mol. The van der Waals surface area contributed by atoms with E-state index in [1.165, 1.54) is 26.4 Å². The average molecular weight is 427 g/mol. The van der Waals surface area contributed by atoms with Crippen LogP contribution in [0.4, 0.5) is 5.69 Å². The lowest BCUT2D eigenvalue weighted by atomic mass is 10.1. The van der Waals surface area contributed by atoms with Crippen LogP contribution in [0.15, 0.2) is 41.8 Å². The van der Waals surface area contributed by atoms with Gasteiger partial charge < -0.3 is 14.8 Å². The molecule has 8 nitrogen and oxygen atoms in total. The van der Waals surface area contributed by atoms with Gasteiger partial charge in [0.25, 0.3) is 11.6 Å². The number of nitro groups is 1. The molecule has 1 heterocycles. The summed E-state index contributed by atoms with van der Waals surface area (Å²) in [4.78, 5) is 27.8. The molecule has 9 heteroatoms. The molecule has 0 aliphatic carbocycles. The topological polar surface area (TPSA) is 104 Å². The number of aryl methyl sites for hydroxylation is 1. The minimum atomic E-state index is -0.615. The number of methoxy groups -OCH3 is 2. The highest BCUT2D eigenvalue weighted by molar-refractivity contribution is 7.09. The van der Waals surface area contributed by atoms with Crippen molar-refractivity contribution in [3.63, 3.8) is 0 Å². The zero-order valence-electron chi connectivity index (χ0n) is 16.8. The average Bonchev–Trinajstić information content (AvgIpc) is 3.19. The maximum absolute atomic E-state index is 12.6. The molecule has 3 rings (SSSR count). The molecule has 0 atom stereocenters. The molecule has 0 aliphatic heterocycles. The van der Waals surface area contributed by atoms with Crippen LogP contribution in [0.1, 0.15) is 20.9 Å². The molecule has 1 N–H and O–H groups in total. The third-order valence-electron chi connectivity index (χ3n) is 4.51. The van der Waals surface area contributed by atoms with Crippen LogP contribution in [-0.4, -0.2) is 36.6 Å². The standard InChI is InChI=1S/C21H21N3O5S/c1-13-23-17(12-30-13)15-6-4-14(5-7-15)8-9-22-21(25)16-10-19(28-2)20(29-3)11-18(16)24(26)27/h4-7,10-12H,8-9H2,1-3H3,(H,22,25). The summed E-state index contributed by atoms with van der Waals surface area (Å²) < 4.78 is 10.2. The van der Waals surface area contributed by atoms with Crippen molar-refractivity contribution >= 4 is 22.9 Å². The molecular weight excluding hydrogens is 406 g/mol. The first kappa shape index (κ1) is 21.3. The fraction of sp³-hybridized carbons (Fsp3) is 0.238. The summed E-state index contributed by atoms with van der Waals surface area (Å²) in [6.45, 7) is 2.30. The molecule has 0 saturated heterocycles. The Hall–Kier alpha value is -3.46. The van der Waals surface area contributed by atoms with Crippen molar-refractivity contribution < 1.29 is 19.2 Å². The molecule has 0 unspecified atom stereocenters. The Morgan fingerprint density at radius 2 is 1.83 bits per heavy atom. The number of nitrogens with one attached hydrogen (secondary N) is 1. The van der Waals surface area contributed by atoms with E-state index in [1.807, 2.05) is 36.6 Å². The van der Waals surface area contributed by atoms with Crippen LogP contribution in [0.2, 0.25) is 0 Å². The normalized spacial score (nSPS) is 10.5. The van der Waals surface area contributed by atoms with Gasteiger partial charge in [-0.25, -0.2) is 4.98 Å². The van der Waals surface area contributed by atoms with Crippen LogP contribution in [0.5, 0.6) is 11.5 Å². The van der Waals surface area contributed by atoms with Gasteiger partial charge in [-0.15, -0.1) is 11.3 Å². The second kappa shape index (κ2) is 9.36. The minimum absolute atomic E-state index is 0.0769. The molecule has 0 saturated carbocycles. The quantitative estimate of drug-likeness (QED) is 0.430. The van der Waals surface area contributed by atoms with Gasteiger partial charge in [-0.05, 0) is 18.9 Å². The Bertz CT molecular complexity index is 1060. The number of amides is 1. The number of carbonyl (C=O) groups is 1. The number of nitrogens with zero attached hydrogens (tertiary/aromatic N) is 2. The number of nitro benzene ring substituents is 1. The van der Waals surface area contributed by atoms with Gasteiger partial charge in [-0.1, -0.05) is 24.3 Å². The van der Waals surface area contributed by atoms with Crippen LogP contribution in [0, 0.1) is 17.0 Å². The van der Waals surface area contributed by atoms with E-state index in [4.69, 9.17) is 9.47 Å². The molecular formula is C21H21N3O5S. The molecule has 0 spiro atoms. The molecule has 3 aromatic rings. The fourth-order valence-corrected chi connectivity index (χ4v) is 3.58. The number of thiazole rings is 1. The van der Waals surface area contributed by atoms with Gasteiger partial charge in [0, 0.05) is 23.6 Å². The van der Waals surface area contributed by atoms with Crippen molar-refractivity contribution in [1.82, 2.24) is 10.3 Å². The SMILES string of the molecule is COc1cc(C(=O)NCCc2ccc(-c3csc(C)n3)cc2)c([N+](=O)[O-])cc1OC. The van der Waals surface area contributed by atoms with E-state index < -0.39 is 10.8 Å². The van der Waals surface area contributed by atoms with Crippen LogP contribution >= 0.6 is 11.3 Å². The van der Waals surface area contributed by atoms with Gasteiger partial charge in [0.15, 0.2) is 11.5 Å². The fourth-order valence-electron chi connectivity index (χ4n) is 2.95. The predicted octanol–water partition coefficient (Wildman–Crippen LogP) is 4.02. The minimum Gasteiger partial charge on any atom is -0.493 e. The molecule has 0 aliphatic rings. The van der Waals surface area contributed by atoms with E-state index in [1.54, 1.807) is 11.3 Å². The summed E-state index contributed by atoms with van der Waals surface area (Å²) in [5, 5.41) is 17.1. The molecule has 0 radical (unpaired) electrons. The Morgan fingerprint density at radius 3 is 2.40 bits per heavy atom. The Labute approximate surface area is 177 Å². The van der Waals surface area contributed by atoms with Gasteiger partial charge >= 0.3 is 0 Å². The van der Waals surface area contributed by atoms with Gasteiger partial charge in [-0.2, -0.15) is 0 Å². The summed E-state index contributed by atoms with van der Waals surface area (Å²) >= 11 is 1.60. The van der Waals surface area contributed by atoms with E-state index in [0.29, 0.717) is 13.0 Å². The highest BCUT2D eigenvalue weighted by atomic mass is 32.1. The zero-order chi connectivity index (χ0) is 21.7. The van der Waals surface area contributed by atoms with Crippen molar-refractivity contribution in [3.8, 4) is 22.8 Å². The van der Waals surface area contributed by atoms with Crippen molar-refractivity contribution in [2.45, 2.75) is 13.3 Å². The molecule has 0 bridgehead atoms. The molecule has 0 fully saturated rings. The van der Waals surface area contributed by atoms with E-state index >= 15 is 0 Å². The zero-order valence-corrected chi connectivity index (χ0v) is 17.6. The summed E-state index contributed by atoms with van der Waals surface area (Å²) in [6, 6.07) is 10.4. The van der Waals surface area contributed by atoms with Crippen molar-refractivity contribution in [1.29, 1.82) is 0 Å². The Kier molecular flexibility index (Phi) is 6.63. The molecule has 1 amide bonds. The third kappa shape index (κ3) is 4.74. The number of carbonyl (C=O) groups excluding carboxylic acids is 1. The molecule has 156 valence electrons. The van der Waals surface area contributed by atoms with Gasteiger partial charge in [0.2, 0.25) is 0 Å². The van der Waals surface area contributed by atoms with Gasteiger partial charge in [0.1, 0.15) is 5.56 Å². The third-order valence-corrected chi connectivity index (χ3v) is 5.28. The van der Waals surface area contributed by atoms with Crippen LogP contribution in [0.25, 0.3) is 11.3 Å². The first-order valence-electron chi connectivity index (χ1n) is 9.13. The van der Waals surface area contributed by atoms with Gasteiger partial charge in [-0.3, -0.25) is 14.9 Å². The predicted molar refractivity (Wildman–Crippen MR) is 115 cm³/mol. The smallest absolute Gasteiger partial charge is 0.286 e.